The van der Waals surface area contributed by atoms with Gasteiger partial charge in [0.2, 0.25) is 10.0 Å². The predicted octanol–water partition coefficient (Wildman–Crippen LogP) is 2.22. The number of sulfonamides is 1. The van der Waals surface area contributed by atoms with Crippen molar-refractivity contribution in [2.45, 2.75) is 24.7 Å². The number of piperidine rings is 1. The summed E-state index contributed by atoms with van der Waals surface area (Å²) in [6.07, 6.45) is 0.629. The number of benzene rings is 1. The fraction of sp³-hybridized carbons (Fsp3) is 0.462. The van der Waals surface area contributed by atoms with E-state index < -0.39 is 21.4 Å². The highest BCUT2D eigenvalue weighted by atomic mass is 35.5. The molecule has 1 heterocycles. The van der Waals surface area contributed by atoms with E-state index in [0.29, 0.717) is 17.9 Å². The lowest BCUT2D eigenvalue weighted by atomic mass is 9.81. The van der Waals surface area contributed by atoms with Gasteiger partial charge in [-0.25, -0.2) is 8.42 Å². The van der Waals surface area contributed by atoms with E-state index in [4.69, 9.17) is 16.7 Å². The summed E-state index contributed by atoms with van der Waals surface area (Å²) in [4.78, 5) is 11.3. The monoisotopic (exact) mass is 317 g/mol. The third-order valence-corrected chi connectivity index (χ3v) is 5.96. The number of hydrogen-bond donors (Lipinski definition) is 1. The van der Waals surface area contributed by atoms with Crippen molar-refractivity contribution in [2.75, 3.05) is 13.1 Å². The molecule has 1 aromatic carbocycles. The smallest absolute Gasteiger partial charge is 0.309 e. The highest BCUT2D eigenvalue weighted by Gasteiger charge is 2.40. The zero-order chi connectivity index (χ0) is 15.0. The van der Waals surface area contributed by atoms with Gasteiger partial charge in [0.25, 0.3) is 0 Å². The molecule has 1 saturated heterocycles. The molecular formula is C13H16ClNO4S. The van der Waals surface area contributed by atoms with Gasteiger partial charge in [-0.2, -0.15) is 4.31 Å². The van der Waals surface area contributed by atoms with Gasteiger partial charge in [-0.15, -0.1) is 0 Å². The minimum absolute atomic E-state index is 0.181. The van der Waals surface area contributed by atoms with Gasteiger partial charge in [-0.05, 0) is 44.0 Å². The van der Waals surface area contributed by atoms with Crippen LogP contribution in [0.1, 0.15) is 19.8 Å². The molecule has 0 aromatic heterocycles. The summed E-state index contributed by atoms with van der Waals surface area (Å²) in [5.74, 6) is -0.874. The van der Waals surface area contributed by atoms with Gasteiger partial charge in [-0.3, -0.25) is 4.79 Å². The average Bonchev–Trinajstić information content (AvgIpc) is 2.39. The quantitative estimate of drug-likeness (QED) is 0.927. The molecule has 2 rings (SSSR count). The Kier molecular flexibility index (Phi) is 4.09. The van der Waals surface area contributed by atoms with Crippen LogP contribution < -0.4 is 0 Å². The van der Waals surface area contributed by atoms with Crippen LogP contribution in [0.5, 0.6) is 0 Å². The van der Waals surface area contributed by atoms with Crippen LogP contribution in [0.4, 0.5) is 0 Å². The summed E-state index contributed by atoms with van der Waals surface area (Å²) in [7, 11) is -3.57. The Bertz CT molecular complexity index is 604. The van der Waals surface area contributed by atoms with Crippen molar-refractivity contribution in [3.05, 3.63) is 29.3 Å². The number of hydrogen-bond acceptors (Lipinski definition) is 3. The molecule has 0 aliphatic carbocycles. The first-order chi connectivity index (χ1) is 9.25. The molecule has 0 amide bonds. The summed E-state index contributed by atoms with van der Waals surface area (Å²) < 4.78 is 26.2. The topological polar surface area (TPSA) is 74.7 Å². The molecule has 0 spiro atoms. The Morgan fingerprint density at radius 3 is 2.20 bits per heavy atom. The first-order valence-electron chi connectivity index (χ1n) is 6.25. The molecule has 0 saturated carbocycles. The van der Waals surface area contributed by atoms with Crippen molar-refractivity contribution >= 4 is 27.6 Å². The minimum Gasteiger partial charge on any atom is -0.481 e. The Morgan fingerprint density at radius 1 is 1.25 bits per heavy atom. The van der Waals surface area contributed by atoms with E-state index in [2.05, 4.69) is 0 Å². The maximum absolute atomic E-state index is 12.4. The molecule has 1 N–H and O–H groups in total. The van der Waals surface area contributed by atoms with Crippen molar-refractivity contribution in [3.63, 3.8) is 0 Å². The van der Waals surface area contributed by atoms with Crippen molar-refractivity contribution in [1.29, 1.82) is 0 Å². The van der Waals surface area contributed by atoms with Gasteiger partial charge in [0.15, 0.2) is 0 Å². The number of nitrogens with zero attached hydrogens (tertiary/aromatic N) is 1. The molecule has 1 fully saturated rings. The van der Waals surface area contributed by atoms with Crippen LogP contribution in [0, 0.1) is 5.41 Å². The Morgan fingerprint density at radius 2 is 1.75 bits per heavy atom. The molecule has 1 aliphatic heterocycles. The molecular weight excluding hydrogens is 302 g/mol. The first-order valence-corrected chi connectivity index (χ1v) is 8.07. The second kappa shape index (κ2) is 5.35. The molecule has 7 heteroatoms. The van der Waals surface area contributed by atoms with Gasteiger partial charge >= 0.3 is 5.97 Å². The summed E-state index contributed by atoms with van der Waals surface area (Å²) in [5, 5.41) is 9.62. The molecule has 0 atom stereocenters. The zero-order valence-corrected chi connectivity index (χ0v) is 12.6. The predicted molar refractivity (Wildman–Crippen MR) is 75.2 cm³/mol. The van der Waals surface area contributed by atoms with Crippen molar-refractivity contribution in [1.82, 2.24) is 4.31 Å². The van der Waals surface area contributed by atoms with Crippen LogP contribution >= 0.6 is 11.6 Å². The van der Waals surface area contributed by atoms with E-state index in [1.54, 1.807) is 6.92 Å². The van der Waals surface area contributed by atoms with Gasteiger partial charge < -0.3 is 5.11 Å². The number of carboxylic acids is 1. The van der Waals surface area contributed by atoms with E-state index in [1.807, 2.05) is 0 Å². The SMILES string of the molecule is CC1(C(=O)O)CCN(S(=O)(=O)c2ccc(Cl)cc2)CC1. The molecule has 0 bridgehead atoms. The van der Waals surface area contributed by atoms with Crippen molar-refractivity contribution < 1.29 is 18.3 Å². The van der Waals surface area contributed by atoms with Crippen LogP contribution in [0.2, 0.25) is 5.02 Å². The standard InChI is InChI=1S/C13H16ClNO4S/c1-13(12(16)17)6-8-15(9-7-13)20(18,19)11-4-2-10(14)3-5-11/h2-5H,6-9H2,1H3,(H,16,17). The van der Waals surface area contributed by atoms with E-state index in [0.717, 1.165) is 0 Å². The molecule has 110 valence electrons. The van der Waals surface area contributed by atoms with E-state index in [9.17, 15) is 13.2 Å². The van der Waals surface area contributed by atoms with Crippen LogP contribution in [-0.4, -0.2) is 36.9 Å². The summed E-state index contributed by atoms with van der Waals surface area (Å²) in [6, 6.07) is 5.98. The lowest BCUT2D eigenvalue weighted by Crippen LogP contribution is -2.45. The number of carbonyl (C=O) groups is 1. The summed E-state index contributed by atoms with van der Waals surface area (Å²) in [5.41, 5.74) is -0.841. The second-order valence-electron chi connectivity index (χ2n) is 5.22. The van der Waals surface area contributed by atoms with Crippen molar-refractivity contribution in [3.8, 4) is 0 Å². The minimum atomic E-state index is -3.57. The second-order valence-corrected chi connectivity index (χ2v) is 7.60. The Labute approximate surface area is 123 Å². The average molecular weight is 318 g/mol. The van der Waals surface area contributed by atoms with Gasteiger partial charge in [-0.1, -0.05) is 11.6 Å². The largest absolute Gasteiger partial charge is 0.481 e. The van der Waals surface area contributed by atoms with Crippen LogP contribution in [-0.2, 0) is 14.8 Å². The van der Waals surface area contributed by atoms with E-state index >= 15 is 0 Å². The summed E-state index contributed by atoms with van der Waals surface area (Å²) >= 11 is 5.75. The number of carboxylic acid groups (broad SMARTS) is 1. The third-order valence-electron chi connectivity index (χ3n) is 3.79. The third kappa shape index (κ3) is 2.82. The van der Waals surface area contributed by atoms with Crippen molar-refractivity contribution in [2.24, 2.45) is 5.41 Å². The maximum atomic E-state index is 12.4. The lowest BCUT2D eigenvalue weighted by Gasteiger charge is -2.35. The van der Waals surface area contributed by atoms with E-state index in [-0.39, 0.29) is 18.0 Å². The normalized spacial score (nSPS) is 19.7. The molecule has 20 heavy (non-hydrogen) atoms. The molecule has 0 unspecified atom stereocenters. The zero-order valence-electron chi connectivity index (χ0n) is 11.0. The fourth-order valence-corrected chi connectivity index (χ4v) is 3.76. The van der Waals surface area contributed by atoms with Gasteiger partial charge in [0.1, 0.15) is 0 Å². The number of halogens is 1. The lowest BCUT2D eigenvalue weighted by molar-refractivity contribution is -0.150. The van der Waals surface area contributed by atoms with Crippen LogP contribution in [0.25, 0.3) is 0 Å². The van der Waals surface area contributed by atoms with Gasteiger partial charge in [0, 0.05) is 18.1 Å². The number of aliphatic carboxylic acids is 1. The van der Waals surface area contributed by atoms with Gasteiger partial charge in [0.05, 0.1) is 10.3 Å². The molecule has 1 aromatic rings. The molecule has 5 nitrogen and oxygen atoms in total. The van der Waals surface area contributed by atoms with Crippen LogP contribution in [0.3, 0.4) is 0 Å². The Hall–Kier alpha value is -1.11. The fourth-order valence-electron chi connectivity index (χ4n) is 2.19. The molecule has 1 aliphatic rings. The highest BCUT2D eigenvalue weighted by molar-refractivity contribution is 7.89. The highest BCUT2D eigenvalue weighted by Crippen LogP contribution is 2.33. The van der Waals surface area contributed by atoms with Crippen LogP contribution in [0.15, 0.2) is 29.2 Å². The molecule has 0 radical (unpaired) electrons. The van der Waals surface area contributed by atoms with E-state index in [1.165, 1.54) is 28.6 Å². The first kappa shape index (κ1) is 15.3. The Balaban J connectivity index is 2.17. The summed E-state index contributed by atoms with van der Waals surface area (Å²) in [6.45, 7) is 2.09. The number of rotatable bonds is 3. The maximum Gasteiger partial charge on any atom is 0.309 e.